The highest BCUT2D eigenvalue weighted by molar-refractivity contribution is 7.92. The van der Waals surface area contributed by atoms with Crippen molar-refractivity contribution in [2.24, 2.45) is 5.92 Å². The van der Waals surface area contributed by atoms with Crippen LogP contribution in [0.3, 0.4) is 0 Å². The summed E-state index contributed by atoms with van der Waals surface area (Å²) in [7, 11) is -2.58. The Hall–Kier alpha value is -4.63. The summed E-state index contributed by atoms with van der Waals surface area (Å²) < 4.78 is 34.7. The lowest BCUT2D eigenvalue weighted by Gasteiger charge is -2.34. The van der Waals surface area contributed by atoms with E-state index in [1.165, 1.54) is 17.0 Å². The highest BCUT2D eigenvalue weighted by atomic mass is 32.2. The fraction of sp³-hybridized carbons (Fsp3) is 0.278. The first kappa shape index (κ1) is 33.3. The van der Waals surface area contributed by atoms with Crippen LogP contribution in [0.4, 0.5) is 5.69 Å². The van der Waals surface area contributed by atoms with Gasteiger partial charge in [-0.25, -0.2) is 8.42 Å². The molecular weight excluding hydrogens is 586 g/mol. The average molecular weight is 628 g/mol. The van der Waals surface area contributed by atoms with Gasteiger partial charge in [0.25, 0.3) is 10.0 Å². The Balaban J connectivity index is 1.79. The fourth-order valence-corrected chi connectivity index (χ4v) is 6.32. The summed E-state index contributed by atoms with van der Waals surface area (Å²) in [4.78, 5) is 29.9. The third-order valence-corrected chi connectivity index (χ3v) is 9.16. The third-order valence-electron chi connectivity index (χ3n) is 7.37. The maximum Gasteiger partial charge on any atom is 0.264 e. The van der Waals surface area contributed by atoms with Crippen LogP contribution in [0.25, 0.3) is 0 Å². The molecule has 0 saturated carbocycles. The van der Waals surface area contributed by atoms with Crippen molar-refractivity contribution in [3.63, 3.8) is 0 Å². The number of sulfonamides is 1. The van der Waals surface area contributed by atoms with Crippen LogP contribution in [0.15, 0.2) is 114 Å². The summed E-state index contributed by atoms with van der Waals surface area (Å²) >= 11 is 0. The Morgan fingerprint density at radius 3 is 2.07 bits per heavy atom. The average Bonchev–Trinajstić information content (AvgIpc) is 3.05. The molecule has 236 valence electrons. The zero-order valence-electron chi connectivity index (χ0n) is 26.2. The Morgan fingerprint density at radius 2 is 1.44 bits per heavy atom. The van der Waals surface area contributed by atoms with Gasteiger partial charge in [0.15, 0.2) is 0 Å². The van der Waals surface area contributed by atoms with E-state index < -0.39 is 28.5 Å². The molecule has 1 atom stereocenters. The van der Waals surface area contributed by atoms with E-state index in [2.05, 4.69) is 5.32 Å². The van der Waals surface area contributed by atoms with Crippen LogP contribution in [0.2, 0.25) is 0 Å². The lowest BCUT2D eigenvalue weighted by atomic mass is 10.0. The molecule has 0 aliphatic rings. The fourth-order valence-electron chi connectivity index (χ4n) is 4.90. The van der Waals surface area contributed by atoms with Crippen LogP contribution in [0.5, 0.6) is 5.75 Å². The minimum absolute atomic E-state index is 0.0653. The molecule has 0 spiro atoms. The van der Waals surface area contributed by atoms with E-state index in [9.17, 15) is 18.0 Å². The lowest BCUT2D eigenvalue weighted by Crippen LogP contribution is -2.53. The largest absolute Gasteiger partial charge is 0.497 e. The standard InChI is InChI=1S/C36H41N3O5S/c1-27(2)24-37-36(41)34(23-29-12-7-5-8-13-29)38(25-30-14-11-17-32(22-30)44-4)35(40)26-39(31-15-9-6-10-16-31)45(42,43)33-20-18-28(3)19-21-33/h5-22,27,34H,23-26H2,1-4H3,(H,37,41)/t34-/m1/s1. The molecule has 0 unspecified atom stereocenters. The molecule has 0 radical (unpaired) electrons. The molecule has 0 fully saturated rings. The molecule has 45 heavy (non-hydrogen) atoms. The van der Waals surface area contributed by atoms with Crippen LogP contribution in [-0.4, -0.2) is 51.4 Å². The molecule has 4 aromatic rings. The second-order valence-electron chi connectivity index (χ2n) is 11.4. The molecule has 0 bridgehead atoms. The predicted molar refractivity (Wildman–Crippen MR) is 177 cm³/mol. The van der Waals surface area contributed by atoms with Gasteiger partial charge < -0.3 is 15.0 Å². The number of nitrogens with one attached hydrogen (secondary N) is 1. The van der Waals surface area contributed by atoms with E-state index in [-0.39, 0.29) is 29.7 Å². The van der Waals surface area contributed by atoms with Gasteiger partial charge in [0.2, 0.25) is 11.8 Å². The molecule has 9 heteroatoms. The number of anilines is 1. The number of amides is 2. The van der Waals surface area contributed by atoms with E-state index in [4.69, 9.17) is 4.74 Å². The second kappa shape index (κ2) is 15.4. The van der Waals surface area contributed by atoms with E-state index in [1.54, 1.807) is 55.6 Å². The molecule has 1 N–H and O–H groups in total. The monoisotopic (exact) mass is 627 g/mol. The van der Waals surface area contributed by atoms with Crippen molar-refractivity contribution in [3.8, 4) is 5.75 Å². The summed E-state index contributed by atoms with van der Waals surface area (Å²) in [5.74, 6) is -0.0202. The highest BCUT2D eigenvalue weighted by Crippen LogP contribution is 2.25. The van der Waals surface area contributed by atoms with Gasteiger partial charge in [-0.2, -0.15) is 0 Å². The molecular formula is C36H41N3O5S. The molecule has 2 amide bonds. The molecule has 0 aliphatic heterocycles. The number of methoxy groups -OCH3 is 1. The van der Waals surface area contributed by atoms with Gasteiger partial charge in [-0.3, -0.25) is 13.9 Å². The van der Waals surface area contributed by atoms with Crippen LogP contribution in [0.1, 0.15) is 30.5 Å². The van der Waals surface area contributed by atoms with Crippen molar-refractivity contribution in [2.75, 3.05) is 24.5 Å². The van der Waals surface area contributed by atoms with Gasteiger partial charge >= 0.3 is 0 Å². The number of para-hydroxylation sites is 1. The second-order valence-corrected chi connectivity index (χ2v) is 13.2. The van der Waals surface area contributed by atoms with Gasteiger partial charge in [-0.1, -0.05) is 92.2 Å². The summed E-state index contributed by atoms with van der Waals surface area (Å²) in [6.45, 7) is 5.87. The lowest BCUT2D eigenvalue weighted by molar-refractivity contribution is -0.140. The Kier molecular flexibility index (Phi) is 11.4. The molecule has 0 aromatic heterocycles. The topological polar surface area (TPSA) is 96.0 Å². The van der Waals surface area contributed by atoms with E-state index in [0.717, 1.165) is 21.0 Å². The number of hydrogen-bond donors (Lipinski definition) is 1. The number of rotatable bonds is 14. The van der Waals surface area contributed by atoms with Gasteiger partial charge in [0.1, 0.15) is 18.3 Å². The molecule has 4 aromatic carbocycles. The number of benzene rings is 4. The first-order valence-corrected chi connectivity index (χ1v) is 16.4. The van der Waals surface area contributed by atoms with Gasteiger partial charge in [0, 0.05) is 19.5 Å². The Labute approximate surface area is 266 Å². The first-order valence-electron chi connectivity index (χ1n) is 15.0. The minimum atomic E-state index is -4.14. The number of nitrogens with zero attached hydrogens (tertiary/aromatic N) is 2. The third kappa shape index (κ3) is 8.95. The number of carbonyl (C=O) groups is 2. The maximum absolute atomic E-state index is 14.5. The van der Waals surface area contributed by atoms with Crippen LogP contribution in [-0.2, 0) is 32.6 Å². The normalized spacial score (nSPS) is 11.9. The molecule has 0 saturated heterocycles. The van der Waals surface area contributed by atoms with Gasteiger partial charge in [0.05, 0.1) is 17.7 Å². The molecule has 8 nitrogen and oxygen atoms in total. The van der Waals surface area contributed by atoms with Gasteiger partial charge in [-0.15, -0.1) is 0 Å². The molecule has 0 aliphatic carbocycles. The molecule has 0 heterocycles. The number of aryl methyl sites for hydroxylation is 1. The number of hydrogen-bond acceptors (Lipinski definition) is 5. The summed E-state index contributed by atoms with van der Waals surface area (Å²) in [6.07, 6.45) is 0.247. The molecule has 4 rings (SSSR count). The summed E-state index contributed by atoms with van der Waals surface area (Å²) in [6, 6.07) is 30.9. The number of ether oxygens (including phenoxy) is 1. The van der Waals surface area contributed by atoms with E-state index in [0.29, 0.717) is 18.0 Å². The van der Waals surface area contributed by atoms with Crippen molar-refractivity contribution < 1.29 is 22.7 Å². The minimum Gasteiger partial charge on any atom is -0.497 e. The summed E-state index contributed by atoms with van der Waals surface area (Å²) in [5, 5.41) is 3.00. The Morgan fingerprint density at radius 1 is 0.822 bits per heavy atom. The predicted octanol–water partition coefficient (Wildman–Crippen LogP) is 5.61. The van der Waals surface area contributed by atoms with E-state index >= 15 is 0 Å². The first-order chi connectivity index (χ1) is 21.6. The van der Waals surface area contributed by atoms with Crippen molar-refractivity contribution >= 4 is 27.5 Å². The summed E-state index contributed by atoms with van der Waals surface area (Å²) in [5.41, 5.74) is 2.87. The highest BCUT2D eigenvalue weighted by Gasteiger charge is 2.34. The van der Waals surface area contributed by atoms with Crippen molar-refractivity contribution in [3.05, 3.63) is 126 Å². The van der Waals surface area contributed by atoms with Crippen LogP contribution >= 0.6 is 0 Å². The van der Waals surface area contributed by atoms with E-state index in [1.807, 2.05) is 69.3 Å². The zero-order chi connectivity index (χ0) is 32.4. The number of carbonyl (C=O) groups excluding carboxylic acids is 2. The van der Waals surface area contributed by atoms with Crippen molar-refractivity contribution in [1.82, 2.24) is 10.2 Å². The van der Waals surface area contributed by atoms with Gasteiger partial charge in [-0.05, 0) is 60.4 Å². The quantitative estimate of drug-likeness (QED) is 0.196. The van der Waals surface area contributed by atoms with Crippen molar-refractivity contribution in [2.45, 2.75) is 44.7 Å². The SMILES string of the molecule is COc1cccc(CN(C(=O)CN(c2ccccc2)S(=O)(=O)c2ccc(C)cc2)[C@H](Cc2ccccc2)C(=O)NCC(C)C)c1. The zero-order valence-corrected chi connectivity index (χ0v) is 27.0. The van der Waals surface area contributed by atoms with Crippen molar-refractivity contribution in [1.29, 1.82) is 0 Å². The van der Waals surface area contributed by atoms with Crippen LogP contribution in [0, 0.1) is 12.8 Å². The maximum atomic E-state index is 14.5. The van der Waals surface area contributed by atoms with Crippen LogP contribution < -0.4 is 14.4 Å². The smallest absolute Gasteiger partial charge is 0.264 e. The Bertz CT molecular complexity index is 1660.